The van der Waals surface area contributed by atoms with Gasteiger partial charge in [-0.25, -0.2) is 14.5 Å². The van der Waals surface area contributed by atoms with E-state index in [4.69, 9.17) is 4.98 Å². The molecular formula is C23H18N6O3. The van der Waals surface area contributed by atoms with Gasteiger partial charge in [-0.15, -0.1) is 0 Å². The molecule has 0 radical (unpaired) electrons. The minimum Gasteiger partial charge on any atom is -0.322 e. The van der Waals surface area contributed by atoms with Crippen molar-refractivity contribution in [2.24, 2.45) is 0 Å². The molecule has 5 rings (SSSR count). The number of H-pyrrole nitrogens is 1. The number of hydrogen-bond acceptors (Lipinski definition) is 6. The summed E-state index contributed by atoms with van der Waals surface area (Å²) < 4.78 is 6.32. The molecule has 9 heteroatoms. The number of anilines is 1. The highest BCUT2D eigenvalue weighted by Gasteiger charge is 2.18. The summed E-state index contributed by atoms with van der Waals surface area (Å²) in [5, 5.41) is 11.7. The zero-order chi connectivity index (χ0) is 22.1. The first kappa shape index (κ1) is 19.4. The predicted octanol–water partition coefficient (Wildman–Crippen LogP) is 3.71. The summed E-state index contributed by atoms with van der Waals surface area (Å²) in [6.45, 7) is 2.61. The van der Waals surface area contributed by atoms with E-state index in [2.05, 4.69) is 25.1 Å². The molecule has 0 atom stereocenters. The third-order valence-corrected chi connectivity index (χ3v) is 5.06. The number of fused-ring (bicyclic) bond motifs is 1. The number of carbonyl (C=O) groups is 1. The van der Waals surface area contributed by atoms with Crippen molar-refractivity contribution in [2.75, 3.05) is 5.32 Å². The molecular weight excluding hydrogens is 408 g/mol. The highest BCUT2D eigenvalue weighted by atomic mass is 16.5. The third-order valence-electron chi connectivity index (χ3n) is 5.06. The van der Waals surface area contributed by atoms with Crippen LogP contribution >= 0.6 is 0 Å². The van der Waals surface area contributed by atoms with Crippen LogP contribution in [-0.2, 0) is 6.54 Å². The summed E-state index contributed by atoms with van der Waals surface area (Å²) in [5.74, 6) is -0.654. The Labute approximate surface area is 181 Å². The van der Waals surface area contributed by atoms with Crippen LogP contribution in [0.25, 0.3) is 33.7 Å². The summed E-state index contributed by atoms with van der Waals surface area (Å²) >= 11 is 0. The Morgan fingerprint density at radius 3 is 2.66 bits per heavy atom. The molecule has 0 aliphatic rings. The van der Waals surface area contributed by atoms with Gasteiger partial charge in [0, 0.05) is 23.4 Å². The Balaban J connectivity index is 1.55. The first-order valence-corrected chi connectivity index (χ1v) is 10.0. The molecule has 5 aromatic rings. The molecule has 0 bridgehead atoms. The lowest BCUT2D eigenvalue weighted by molar-refractivity contribution is 0.102. The van der Waals surface area contributed by atoms with Crippen LogP contribution in [-0.4, -0.2) is 30.8 Å². The fourth-order valence-electron chi connectivity index (χ4n) is 3.52. The van der Waals surface area contributed by atoms with Crippen molar-refractivity contribution in [3.63, 3.8) is 0 Å². The Morgan fingerprint density at radius 1 is 1.09 bits per heavy atom. The zero-order valence-electron chi connectivity index (χ0n) is 17.1. The van der Waals surface area contributed by atoms with Gasteiger partial charge in [-0.2, -0.15) is 5.10 Å². The minimum atomic E-state index is -0.644. The second-order valence-corrected chi connectivity index (χ2v) is 7.10. The normalized spacial score (nSPS) is 11.0. The smallest absolute Gasteiger partial charge is 0.322 e. The van der Waals surface area contributed by atoms with E-state index in [1.165, 1.54) is 0 Å². The number of carbonyl (C=O) groups excluding carboxylic acids is 1. The number of hydrogen-bond donors (Lipinski definition) is 2. The molecule has 32 heavy (non-hydrogen) atoms. The van der Waals surface area contributed by atoms with E-state index >= 15 is 0 Å². The number of nitrogens with zero attached hydrogens (tertiary/aromatic N) is 4. The highest BCUT2D eigenvalue weighted by molar-refractivity contribution is 6.12. The number of rotatable bonds is 5. The Hall–Kier alpha value is -4.53. The second-order valence-electron chi connectivity index (χ2n) is 7.10. The minimum absolute atomic E-state index is 0.285. The van der Waals surface area contributed by atoms with Crippen molar-refractivity contribution in [3.8, 4) is 22.6 Å². The first-order valence-electron chi connectivity index (χ1n) is 10.0. The fraction of sp³-hybridized carbons (Fsp3) is 0.0870. The molecule has 0 saturated carbocycles. The molecule has 0 unspecified atom stereocenters. The van der Waals surface area contributed by atoms with E-state index < -0.39 is 5.76 Å². The van der Waals surface area contributed by atoms with Crippen molar-refractivity contribution in [1.29, 1.82) is 0 Å². The molecule has 2 N–H and O–H groups in total. The van der Waals surface area contributed by atoms with E-state index in [-0.39, 0.29) is 11.7 Å². The number of pyridine rings is 1. The zero-order valence-corrected chi connectivity index (χ0v) is 17.1. The van der Waals surface area contributed by atoms with Crippen LogP contribution in [0.1, 0.15) is 17.3 Å². The lowest BCUT2D eigenvalue weighted by atomic mass is 10.1. The van der Waals surface area contributed by atoms with Gasteiger partial charge in [0.2, 0.25) is 0 Å². The van der Waals surface area contributed by atoms with Gasteiger partial charge in [0.15, 0.2) is 11.5 Å². The van der Waals surface area contributed by atoms with Crippen LogP contribution in [0.2, 0.25) is 0 Å². The third kappa shape index (κ3) is 3.56. The lowest BCUT2D eigenvalue weighted by Crippen LogP contribution is -2.13. The highest BCUT2D eigenvalue weighted by Crippen LogP contribution is 2.26. The van der Waals surface area contributed by atoms with E-state index in [1.54, 1.807) is 41.2 Å². The Kier molecular flexibility index (Phi) is 4.83. The van der Waals surface area contributed by atoms with Crippen molar-refractivity contribution in [2.45, 2.75) is 13.5 Å². The van der Waals surface area contributed by atoms with Crippen LogP contribution in [0.4, 0.5) is 5.69 Å². The molecule has 0 aliphatic carbocycles. The first-order chi connectivity index (χ1) is 15.6. The molecule has 0 aliphatic heterocycles. The second kappa shape index (κ2) is 7.95. The fourth-order valence-corrected chi connectivity index (χ4v) is 3.52. The molecule has 0 spiro atoms. The average molecular weight is 426 g/mol. The standard InChI is InChI=1S/C23H18N6O3/c1-2-29-21-18(13-24-29)17(12-19(26-21)14-7-4-3-5-8-14)22(30)25-16-10-6-9-15(11-16)20-27-23(31)32-28-20/h3-13H,2H2,1H3,(H,25,30)(H,27,28,31). The lowest BCUT2D eigenvalue weighted by Gasteiger charge is -2.10. The van der Waals surface area contributed by atoms with Gasteiger partial charge in [0.05, 0.1) is 22.8 Å². The monoisotopic (exact) mass is 426 g/mol. The van der Waals surface area contributed by atoms with Crippen LogP contribution in [0, 0.1) is 0 Å². The van der Waals surface area contributed by atoms with Gasteiger partial charge in [-0.05, 0) is 25.1 Å². The molecule has 9 nitrogen and oxygen atoms in total. The maximum absolute atomic E-state index is 13.3. The maximum atomic E-state index is 13.3. The number of nitrogens with one attached hydrogen (secondary N) is 2. The summed E-state index contributed by atoms with van der Waals surface area (Å²) in [6, 6.07) is 18.4. The molecule has 0 saturated heterocycles. The molecule has 158 valence electrons. The summed E-state index contributed by atoms with van der Waals surface area (Å²) in [6.07, 6.45) is 1.66. The predicted molar refractivity (Wildman–Crippen MR) is 119 cm³/mol. The largest absolute Gasteiger partial charge is 0.439 e. The number of amides is 1. The van der Waals surface area contributed by atoms with Gasteiger partial charge in [0.25, 0.3) is 5.91 Å². The van der Waals surface area contributed by atoms with Gasteiger partial charge in [-0.1, -0.05) is 47.6 Å². The van der Waals surface area contributed by atoms with Crippen molar-refractivity contribution in [3.05, 3.63) is 83.0 Å². The SMILES string of the molecule is CCn1ncc2c(C(=O)Nc3cccc(-c4noc(=O)[nH]4)c3)cc(-c3ccccc3)nc21. The Morgan fingerprint density at radius 2 is 1.91 bits per heavy atom. The molecule has 3 heterocycles. The topological polar surface area (TPSA) is 119 Å². The summed E-state index contributed by atoms with van der Waals surface area (Å²) in [4.78, 5) is 31.8. The van der Waals surface area contributed by atoms with Crippen molar-refractivity contribution < 1.29 is 9.32 Å². The van der Waals surface area contributed by atoms with Gasteiger partial charge < -0.3 is 5.32 Å². The van der Waals surface area contributed by atoms with Crippen LogP contribution in [0.3, 0.4) is 0 Å². The van der Waals surface area contributed by atoms with Crippen LogP contribution in [0.15, 0.2) is 76.2 Å². The number of aromatic nitrogens is 5. The molecule has 2 aromatic carbocycles. The van der Waals surface area contributed by atoms with E-state index in [0.717, 1.165) is 5.56 Å². The molecule has 3 aromatic heterocycles. The Bertz CT molecular complexity index is 1480. The van der Waals surface area contributed by atoms with Crippen molar-refractivity contribution >= 4 is 22.6 Å². The number of aromatic amines is 1. The van der Waals surface area contributed by atoms with E-state index in [0.29, 0.717) is 40.1 Å². The summed E-state index contributed by atoms with van der Waals surface area (Å²) in [5.41, 5.74) is 3.86. The van der Waals surface area contributed by atoms with Crippen molar-refractivity contribution in [1.82, 2.24) is 24.9 Å². The van der Waals surface area contributed by atoms with Gasteiger partial charge in [0.1, 0.15) is 0 Å². The quantitative estimate of drug-likeness (QED) is 0.442. The van der Waals surface area contributed by atoms with Gasteiger partial charge in [-0.3, -0.25) is 14.3 Å². The number of aryl methyl sites for hydroxylation is 1. The average Bonchev–Trinajstić information content (AvgIpc) is 3.45. The van der Waals surface area contributed by atoms with Gasteiger partial charge >= 0.3 is 5.76 Å². The van der Waals surface area contributed by atoms with Crippen LogP contribution in [0.5, 0.6) is 0 Å². The molecule has 0 fully saturated rings. The number of benzene rings is 2. The maximum Gasteiger partial charge on any atom is 0.439 e. The van der Waals surface area contributed by atoms with E-state index in [9.17, 15) is 9.59 Å². The van der Waals surface area contributed by atoms with Crippen LogP contribution < -0.4 is 11.1 Å². The van der Waals surface area contributed by atoms with E-state index in [1.807, 2.05) is 37.3 Å². The molecule has 1 amide bonds. The summed E-state index contributed by atoms with van der Waals surface area (Å²) in [7, 11) is 0.